The molecule has 3 aromatic rings. The Morgan fingerprint density at radius 2 is 1.91 bits per heavy atom. The van der Waals surface area contributed by atoms with Gasteiger partial charge in [-0.05, 0) is 30.4 Å². The smallest absolute Gasteiger partial charge is 0.204 e. The Morgan fingerprint density at radius 1 is 1.17 bits per heavy atom. The maximum Gasteiger partial charge on any atom is 0.204 e. The van der Waals surface area contributed by atoms with Gasteiger partial charge in [0.05, 0.1) is 12.3 Å². The molecule has 1 unspecified atom stereocenters. The van der Waals surface area contributed by atoms with E-state index in [-0.39, 0.29) is 23.4 Å². The van der Waals surface area contributed by atoms with Crippen LogP contribution in [0.1, 0.15) is 26.0 Å². The predicted octanol–water partition coefficient (Wildman–Crippen LogP) is 5.00. The van der Waals surface area contributed by atoms with Crippen LogP contribution in [-0.2, 0) is 0 Å². The van der Waals surface area contributed by atoms with Gasteiger partial charge in [0, 0.05) is 10.8 Å². The van der Waals surface area contributed by atoms with Crippen LogP contribution in [0, 0.1) is 30.3 Å². The van der Waals surface area contributed by atoms with Crippen molar-refractivity contribution in [3.63, 3.8) is 0 Å². The molecule has 3 nitrogen and oxygen atoms in total. The molecular formula is C16H15F3N2OS. The third-order valence-corrected chi connectivity index (χ3v) is 4.74. The molecule has 0 N–H and O–H groups in total. The molecule has 2 heterocycles. The molecule has 0 radical (unpaired) electrons. The minimum Gasteiger partial charge on any atom is -0.487 e. The summed E-state index contributed by atoms with van der Waals surface area (Å²) in [5.74, 6) is -4.05. The van der Waals surface area contributed by atoms with Crippen molar-refractivity contribution in [3.8, 4) is 5.75 Å². The number of halogens is 3. The summed E-state index contributed by atoms with van der Waals surface area (Å²) in [5.41, 5.74) is 0.413. The molecule has 122 valence electrons. The number of pyridine rings is 1. The summed E-state index contributed by atoms with van der Waals surface area (Å²) < 4.78 is 52.4. The number of hydrogen-bond acceptors (Lipinski definition) is 4. The third kappa shape index (κ3) is 2.63. The summed E-state index contributed by atoms with van der Waals surface area (Å²) in [5, 5.41) is 0.389. The Hall–Kier alpha value is -1.89. The SMILES string of the molecule is CCC(C)COc1c(F)c(F)c2cc3c(C)nsc3nc2c1F. The van der Waals surface area contributed by atoms with Gasteiger partial charge in [-0.1, -0.05) is 20.3 Å². The van der Waals surface area contributed by atoms with Gasteiger partial charge >= 0.3 is 0 Å². The van der Waals surface area contributed by atoms with Crippen molar-refractivity contribution in [2.45, 2.75) is 27.2 Å². The molecule has 0 amide bonds. The molecule has 0 aliphatic rings. The zero-order valence-electron chi connectivity index (χ0n) is 12.9. The molecule has 2 aromatic heterocycles. The second kappa shape index (κ2) is 5.96. The van der Waals surface area contributed by atoms with Crippen molar-refractivity contribution >= 4 is 32.7 Å². The van der Waals surface area contributed by atoms with Crippen LogP contribution in [0.3, 0.4) is 0 Å². The maximum atomic E-state index is 14.6. The molecule has 0 saturated carbocycles. The average Bonchev–Trinajstić information content (AvgIpc) is 2.91. The zero-order chi connectivity index (χ0) is 16.7. The van der Waals surface area contributed by atoms with Gasteiger partial charge in [-0.3, -0.25) is 0 Å². The van der Waals surface area contributed by atoms with Crippen LogP contribution in [0.5, 0.6) is 5.75 Å². The number of ether oxygens (including phenoxy) is 1. The first-order valence-corrected chi connectivity index (χ1v) is 8.07. The number of fused-ring (bicyclic) bond motifs is 2. The lowest BCUT2D eigenvalue weighted by Crippen LogP contribution is -2.10. The number of aryl methyl sites for hydroxylation is 1. The van der Waals surface area contributed by atoms with Gasteiger partial charge in [-0.2, -0.15) is 8.76 Å². The summed E-state index contributed by atoms with van der Waals surface area (Å²) in [6, 6.07) is 1.39. The topological polar surface area (TPSA) is 35.0 Å². The highest BCUT2D eigenvalue weighted by Crippen LogP contribution is 2.35. The third-order valence-electron chi connectivity index (χ3n) is 3.89. The standard InChI is InChI=1S/C16H15F3N2OS/c1-4-7(2)6-22-15-12(18)11(17)10-5-9-8(3)21-23-16(9)20-14(10)13(15)19/h5,7H,4,6H2,1-3H3. The van der Waals surface area contributed by atoms with E-state index >= 15 is 0 Å². The normalized spacial score (nSPS) is 13.0. The number of hydrogen-bond donors (Lipinski definition) is 0. The van der Waals surface area contributed by atoms with Crippen LogP contribution >= 0.6 is 11.5 Å². The Morgan fingerprint density at radius 3 is 2.61 bits per heavy atom. The molecule has 0 saturated heterocycles. The number of nitrogens with zero attached hydrogens (tertiary/aromatic N) is 2. The molecular weight excluding hydrogens is 325 g/mol. The maximum absolute atomic E-state index is 14.6. The van der Waals surface area contributed by atoms with E-state index in [9.17, 15) is 13.2 Å². The van der Waals surface area contributed by atoms with Crippen molar-refractivity contribution in [3.05, 3.63) is 29.2 Å². The van der Waals surface area contributed by atoms with Crippen molar-refractivity contribution in [1.82, 2.24) is 9.36 Å². The average molecular weight is 340 g/mol. The molecule has 0 aliphatic heterocycles. The molecule has 7 heteroatoms. The minimum atomic E-state index is -1.32. The number of rotatable bonds is 4. The van der Waals surface area contributed by atoms with E-state index in [1.54, 1.807) is 6.92 Å². The van der Waals surface area contributed by atoms with Crippen LogP contribution in [0.25, 0.3) is 21.1 Å². The first kappa shape index (κ1) is 16.0. The highest BCUT2D eigenvalue weighted by Gasteiger charge is 2.24. The van der Waals surface area contributed by atoms with Gasteiger partial charge in [0.1, 0.15) is 10.3 Å². The van der Waals surface area contributed by atoms with Gasteiger partial charge in [-0.25, -0.2) is 13.8 Å². The number of benzene rings is 1. The van der Waals surface area contributed by atoms with Crippen molar-refractivity contribution in [2.24, 2.45) is 5.92 Å². The van der Waals surface area contributed by atoms with Gasteiger partial charge in [-0.15, -0.1) is 0 Å². The Bertz CT molecular complexity index is 894. The Balaban J connectivity index is 2.21. The Kier molecular flexibility index (Phi) is 4.14. The molecule has 1 aromatic carbocycles. The molecule has 0 fully saturated rings. The molecule has 0 spiro atoms. The van der Waals surface area contributed by atoms with Crippen LogP contribution in [-0.4, -0.2) is 16.0 Å². The van der Waals surface area contributed by atoms with Gasteiger partial charge in [0.2, 0.25) is 5.82 Å². The van der Waals surface area contributed by atoms with Crippen molar-refractivity contribution in [1.29, 1.82) is 0 Å². The van der Waals surface area contributed by atoms with E-state index in [1.165, 1.54) is 6.07 Å². The Labute approximate surface area is 135 Å². The highest BCUT2D eigenvalue weighted by molar-refractivity contribution is 7.13. The van der Waals surface area contributed by atoms with Crippen LogP contribution in [0.4, 0.5) is 13.2 Å². The largest absolute Gasteiger partial charge is 0.487 e. The van der Waals surface area contributed by atoms with E-state index in [1.807, 2.05) is 13.8 Å². The summed E-state index contributed by atoms with van der Waals surface area (Å²) in [7, 11) is 0. The van der Waals surface area contributed by atoms with Crippen LogP contribution < -0.4 is 4.74 Å². The summed E-state index contributed by atoms with van der Waals surface area (Å²) in [6.45, 7) is 5.67. The summed E-state index contributed by atoms with van der Waals surface area (Å²) in [6.07, 6.45) is 0.790. The first-order chi connectivity index (χ1) is 10.9. The zero-order valence-corrected chi connectivity index (χ0v) is 13.7. The second-order valence-electron chi connectivity index (χ2n) is 5.60. The van der Waals surface area contributed by atoms with Gasteiger partial charge < -0.3 is 4.74 Å². The summed E-state index contributed by atoms with van der Waals surface area (Å²) >= 11 is 1.09. The van der Waals surface area contributed by atoms with E-state index in [4.69, 9.17) is 4.74 Å². The molecule has 23 heavy (non-hydrogen) atoms. The predicted molar refractivity (Wildman–Crippen MR) is 84.5 cm³/mol. The molecule has 3 rings (SSSR count). The van der Waals surface area contributed by atoms with E-state index in [0.29, 0.717) is 15.9 Å². The van der Waals surface area contributed by atoms with Gasteiger partial charge in [0.15, 0.2) is 17.4 Å². The lowest BCUT2D eigenvalue weighted by Gasteiger charge is -2.14. The fourth-order valence-corrected chi connectivity index (χ4v) is 2.97. The van der Waals surface area contributed by atoms with E-state index < -0.39 is 23.2 Å². The fourth-order valence-electron chi connectivity index (χ4n) is 2.21. The molecule has 0 bridgehead atoms. The fraction of sp³-hybridized carbons (Fsp3) is 0.375. The van der Waals surface area contributed by atoms with Crippen LogP contribution in [0.15, 0.2) is 6.07 Å². The highest BCUT2D eigenvalue weighted by atomic mass is 32.1. The second-order valence-corrected chi connectivity index (χ2v) is 6.35. The van der Waals surface area contributed by atoms with Crippen LogP contribution in [0.2, 0.25) is 0 Å². The summed E-state index contributed by atoms with van der Waals surface area (Å²) in [4.78, 5) is 4.58. The van der Waals surface area contributed by atoms with Crippen molar-refractivity contribution < 1.29 is 17.9 Å². The van der Waals surface area contributed by atoms with E-state index in [2.05, 4.69) is 9.36 Å². The molecule has 0 aliphatic carbocycles. The monoisotopic (exact) mass is 340 g/mol. The minimum absolute atomic E-state index is 0.104. The lowest BCUT2D eigenvalue weighted by atomic mass is 10.1. The van der Waals surface area contributed by atoms with Crippen molar-refractivity contribution in [2.75, 3.05) is 6.61 Å². The molecule has 1 atom stereocenters. The van der Waals surface area contributed by atoms with E-state index in [0.717, 1.165) is 18.0 Å². The quantitative estimate of drug-likeness (QED) is 0.627. The number of aromatic nitrogens is 2. The van der Waals surface area contributed by atoms with Gasteiger partial charge in [0.25, 0.3) is 0 Å². The lowest BCUT2D eigenvalue weighted by molar-refractivity contribution is 0.233. The first-order valence-electron chi connectivity index (χ1n) is 7.30.